The van der Waals surface area contributed by atoms with Crippen LogP contribution in [-0.4, -0.2) is 43.7 Å². The van der Waals surface area contributed by atoms with Gasteiger partial charge in [0.2, 0.25) is 0 Å². The maximum absolute atomic E-state index is 13.5. The van der Waals surface area contributed by atoms with Crippen molar-refractivity contribution in [3.05, 3.63) is 107 Å². The van der Waals surface area contributed by atoms with Crippen molar-refractivity contribution >= 4 is 5.91 Å². The van der Waals surface area contributed by atoms with E-state index in [0.29, 0.717) is 25.3 Å². The Hall–Kier alpha value is -3.02. The van der Waals surface area contributed by atoms with Gasteiger partial charge in [0.05, 0.1) is 19.3 Å². The minimum absolute atomic E-state index is 0.0278. The van der Waals surface area contributed by atoms with Gasteiger partial charge in [-0.2, -0.15) is 0 Å². The molecule has 0 unspecified atom stereocenters. The molecule has 0 aliphatic carbocycles. The number of amides is 1. The summed E-state index contributed by atoms with van der Waals surface area (Å²) in [7, 11) is 0. The fraction of sp³-hybridized carbons (Fsp3) is 0.296. The van der Waals surface area contributed by atoms with Crippen molar-refractivity contribution < 1.29 is 13.9 Å². The zero-order valence-electron chi connectivity index (χ0n) is 18.2. The summed E-state index contributed by atoms with van der Waals surface area (Å²) in [6, 6.07) is 24.6. The minimum atomic E-state index is -0.258. The van der Waals surface area contributed by atoms with Gasteiger partial charge in [-0.25, -0.2) is 4.39 Å². The molecule has 1 saturated heterocycles. The molecule has 1 N–H and O–H groups in total. The van der Waals surface area contributed by atoms with E-state index in [-0.39, 0.29) is 17.8 Å². The van der Waals surface area contributed by atoms with Gasteiger partial charge in [-0.15, -0.1) is 0 Å². The van der Waals surface area contributed by atoms with E-state index in [0.717, 1.165) is 37.1 Å². The summed E-state index contributed by atoms with van der Waals surface area (Å²) in [5, 5.41) is 3.13. The minimum Gasteiger partial charge on any atom is -0.379 e. The predicted molar refractivity (Wildman–Crippen MR) is 124 cm³/mol. The molecule has 0 radical (unpaired) electrons. The van der Waals surface area contributed by atoms with E-state index >= 15 is 0 Å². The number of carbonyl (C=O) groups is 1. The van der Waals surface area contributed by atoms with Gasteiger partial charge < -0.3 is 10.1 Å². The Balaban J connectivity index is 1.45. The fourth-order valence-electron chi connectivity index (χ4n) is 4.20. The van der Waals surface area contributed by atoms with Gasteiger partial charge in [0.15, 0.2) is 0 Å². The first kappa shape index (κ1) is 22.2. The summed E-state index contributed by atoms with van der Waals surface area (Å²) in [4.78, 5) is 15.4. The SMILES string of the molecule is O=C(NC[C@H](c1ccc(F)cc1)N1CCOCC1)c1ccccc1CCc1ccccc1. The molecule has 1 fully saturated rings. The molecule has 4 nitrogen and oxygen atoms in total. The van der Waals surface area contributed by atoms with Crippen molar-refractivity contribution in [2.45, 2.75) is 18.9 Å². The number of rotatable bonds is 8. The van der Waals surface area contributed by atoms with E-state index in [1.165, 1.54) is 17.7 Å². The number of nitrogens with zero attached hydrogens (tertiary/aromatic N) is 1. The third-order valence-corrected chi connectivity index (χ3v) is 5.99. The Kier molecular flexibility index (Phi) is 7.64. The average molecular weight is 433 g/mol. The van der Waals surface area contributed by atoms with Crippen molar-refractivity contribution in [2.75, 3.05) is 32.8 Å². The van der Waals surface area contributed by atoms with E-state index in [2.05, 4.69) is 22.3 Å². The third-order valence-electron chi connectivity index (χ3n) is 5.99. The van der Waals surface area contributed by atoms with E-state index in [9.17, 15) is 9.18 Å². The van der Waals surface area contributed by atoms with Gasteiger partial charge in [0.25, 0.3) is 5.91 Å². The highest BCUT2D eigenvalue weighted by molar-refractivity contribution is 5.95. The fourth-order valence-corrected chi connectivity index (χ4v) is 4.20. The van der Waals surface area contributed by atoms with Gasteiger partial charge in [-0.05, 0) is 47.7 Å². The molecule has 3 aromatic rings. The lowest BCUT2D eigenvalue weighted by atomic mass is 9.99. The number of aryl methyl sites for hydroxylation is 2. The maximum atomic E-state index is 13.5. The number of halogens is 1. The lowest BCUT2D eigenvalue weighted by Crippen LogP contribution is -2.44. The monoisotopic (exact) mass is 432 g/mol. The Bertz CT molecular complexity index is 1000. The number of hydrogen-bond acceptors (Lipinski definition) is 3. The molecular weight excluding hydrogens is 403 g/mol. The molecule has 5 heteroatoms. The van der Waals surface area contributed by atoms with Crippen LogP contribution >= 0.6 is 0 Å². The summed E-state index contributed by atoms with van der Waals surface area (Å²) in [6.07, 6.45) is 1.69. The first-order valence-corrected chi connectivity index (χ1v) is 11.2. The standard InChI is InChI=1S/C27H29FN2O2/c28-24-14-12-23(13-15-24)26(30-16-18-32-19-17-30)20-29-27(31)25-9-5-4-8-22(25)11-10-21-6-2-1-3-7-21/h1-9,12-15,26H,10-11,16-20H2,(H,29,31)/t26-/m1/s1. The first-order valence-electron chi connectivity index (χ1n) is 11.2. The molecule has 166 valence electrons. The summed E-state index contributed by atoms with van der Waals surface area (Å²) >= 11 is 0. The Labute approximate surface area is 189 Å². The normalized spacial score (nSPS) is 15.3. The van der Waals surface area contributed by atoms with Crippen LogP contribution in [0.2, 0.25) is 0 Å². The molecule has 0 saturated carbocycles. The number of ether oxygens (including phenoxy) is 1. The highest BCUT2D eigenvalue weighted by atomic mass is 19.1. The molecule has 1 aliphatic heterocycles. The van der Waals surface area contributed by atoms with Gasteiger partial charge in [0.1, 0.15) is 5.82 Å². The van der Waals surface area contributed by atoms with Gasteiger partial charge in [0, 0.05) is 25.2 Å². The Morgan fingerprint density at radius 1 is 0.906 bits per heavy atom. The molecule has 1 atom stereocenters. The first-order chi connectivity index (χ1) is 15.7. The van der Waals surface area contributed by atoms with Crippen molar-refractivity contribution in [3.8, 4) is 0 Å². The van der Waals surface area contributed by atoms with Crippen LogP contribution in [0.15, 0.2) is 78.9 Å². The predicted octanol–water partition coefficient (Wildman–Crippen LogP) is 4.41. The highest BCUT2D eigenvalue weighted by Crippen LogP contribution is 2.22. The number of benzene rings is 3. The molecule has 4 rings (SSSR count). The molecule has 0 aromatic heterocycles. The summed E-state index contributed by atoms with van der Waals surface area (Å²) in [5.74, 6) is -0.333. The summed E-state index contributed by atoms with van der Waals surface area (Å²) in [6.45, 7) is 3.34. The highest BCUT2D eigenvalue weighted by Gasteiger charge is 2.24. The molecule has 1 heterocycles. The lowest BCUT2D eigenvalue weighted by molar-refractivity contribution is 0.0162. The smallest absolute Gasteiger partial charge is 0.251 e. The Morgan fingerprint density at radius 3 is 2.34 bits per heavy atom. The van der Waals surface area contributed by atoms with Gasteiger partial charge in [-0.3, -0.25) is 9.69 Å². The number of hydrogen-bond donors (Lipinski definition) is 1. The lowest BCUT2D eigenvalue weighted by Gasteiger charge is -2.35. The molecule has 1 amide bonds. The average Bonchev–Trinajstić information content (AvgIpc) is 2.85. The van der Waals surface area contributed by atoms with E-state index < -0.39 is 0 Å². The van der Waals surface area contributed by atoms with Crippen LogP contribution in [-0.2, 0) is 17.6 Å². The van der Waals surface area contributed by atoms with Crippen LogP contribution in [0.5, 0.6) is 0 Å². The van der Waals surface area contributed by atoms with Crippen molar-refractivity contribution in [1.29, 1.82) is 0 Å². The second-order valence-electron chi connectivity index (χ2n) is 8.07. The topological polar surface area (TPSA) is 41.6 Å². The molecule has 32 heavy (non-hydrogen) atoms. The van der Waals surface area contributed by atoms with Crippen LogP contribution in [0, 0.1) is 5.82 Å². The van der Waals surface area contributed by atoms with Crippen LogP contribution in [0.25, 0.3) is 0 Å². The number of carbonyl (C=O) groups excluding carboxylic acids is 1. The van der Waals surface area contributed by atoms with E-state index in [1.807, 2.05) is 42.5 Å². The largest absolute Gasteiger partial charge is 0.379 e. The van der Waals surface area contributed by atoms with E-state index in [4.69, 9.17) is 4.74 Å². The molecule has 0 bridgehead atoms. The van der Waals surface area contributed by atoms with Crippen LogP contribution in [0.3, 0.4) is 0 Å². The van der Waals surface area contributed by atoms with Crippen molar-refractivity contribution in [3.63, 3.8) is 0 Å². The van der Waals surface area contributed by atoms with E-state index in [1.54, 1.807) is 12.1 Å². The van der Waals surface area contributed by atoms with Crippen molar-refractivity contribution in [2.24, 2.45) is 0 Å². The van der Waals surface area contributed by atoms with Gasteiger partial charge in [-0.1, -0.05) is 60.7 Å². The second-order valence-corrected chi connectivity index (χ2v) is 8.07. The zero-order valence-corrected chi connectivity index (χ0v) is 18.2. The van der Waals surface area contributed by atoms with Crippen LogP contribution in [0.1, 0.15) is 33.1 Å². The second kappa shape index (κ2) is 11.0. The van der Waals surface area contributed by atoms with Crippen LogP contribution in [0.4, 0.5) is 4.39 Å². The molecular formula is C27H29FN2O2. The number of nitrogens with one attached hydrogen (secondary N) is 1. The quantitative estimate of drug-likeness (QED) is 0.573. The maximum Gasteiger partial charge on any atom is 0.251 e. The number of morpholine rings is 1. The van der Waals surface area contributed by atoms with Crippen molar-refractivity contribution in [1.82, 2.24) is 10.2 Å². The third kappa shape index (κ3) is 5.81. The van der Waals surface area contributed by atoms with Crippen LogP contribution < -0.4 is 5.32 Å². The van der Waals surface area contributed by atoms with Gasteiger partial charge >= 0.3 is 0 Å². The Morgan fingerprint density at radius 2 is 1.59 bits per heavy atom. The molecule has 3 aromatic carbocycles. The molecule has 0 spiro atoms. The zero-order chi connectivity index (χ0) is 22.2. The summed E-state index contributed by atoms with van der Waals surface area (Å²) in [5.41, 5.74) is 4.00. The molecule has 1 aliphatic rings. The summed E-state index contributed by atoms with van der Waals surface area (Å²) < 4.78 is 19.0.